The molecule has 5 heteroatoms. The molecule has 0 rings (SSSR count). The second-order valence-corrected chi connectivity index (χ2v) is 2.32. The van der Waals surface area contributed by atoms with Crippen molar-refractivity contribution in [1.29, 1.82) is 0 Å². The van der Waals surface area contributed by atoms with Crippen molar-refractivity contribution >= 4 is 11.8 Å². The number of carbonyl (C=O) groups is 2. The van der Waals surface area contributed by atoms with Crippen LogP contribution in [0.25, 0.3) is 0 Å². The zero-order valence-corrected chi connectivity index (χ0v) is 6.46. The fraction of sp³-hybridized carbons (Fsp3) is 0.667. The standard InChI is InChI=1S/C6H13N3O2/c1-4(2-7)6(11)9-3-5(8)10/h4H,2-3,7H2,1H3,(H2,8,10)(H,9,11). The summed E-state index contributed by atoms with van der Waals surface area (Å²) in [4.78, 5) is 21.1. The van der Waals surface area contributed by atoms with E-state index in [1.54, 1.807) is 6.92 Å². The molecule has 5 N–H and O–H groups in total. The summed E-state index contributed by atoms with van der Waals surface area (Å²) < 4.78 is 0. The van der Waals surface area contributed by atoms with Gasteiger partial charge in [0.05, 0.1) is 6.54 Å². The van der Waals surface area contributed by atoms with Crippen molar-refractivity contribution in [3.05, 3.63) is 0 Å². The maximum Gasteiger partial charge on any atom is 0.236 e. The maximum absolute atomic E-state index is 10.9. The summed E-state index contributed by atoms with van der Waals surface area (Å²) in [7, 11) is 0. The normalized spacial score (nSPS) is 12.2. The Morgan fingerprint density at radius 3 is 2.45 bits per heavy atom. The van der Waals surface area contributed by atoms with Crippen LogP contribution >= 0.6 is 0 Å². The van der Waals surface area contributed by atoms with Crippen LogP contribution in [-0.4, -0.2) is 24.9 Å². The molecule has 64 valence electrons. The van der Waals surface area contributed by atoms with Crippen molar-refractivity contribution in [1.82, 2.24) is 5.32 Å². The molecule has 0 aromatic carbocycles. The molecular formula is C6H13N3O2. The highest BCUT2D eigenvalue weighted by Gasteiger charge is 2.09. The Kier molecular flexibility index (Phi) is 4.21. The van der Waals surface area contributed by atoms with Crippen LogP contribution in [0, 0.1) is 5.92 Å². The monoisotopic (exact) mass is 159 g/mol. The molecule has 0 saturated heterocycles. The molecule has 0 fully saturated rings. The van der Waals surface area contributed by atoms with Crippen LogP contribution in [0.1, 0.15) is 6.92 Å². The highest BCUT2D eigenvalue weighted by Crippen LogP contribution is 1.88. The van der Waals surface area contributed by atoms with Crippen LogP contribution in [0.4, 0.5) is 0 Å². The lowest BCUT2D eigenvalue weighted by atomic mass is 10.2. The van der Waals surface area contributed by atoms with Gasteiger partial charge in [-0.05, 0) is 0 Å². The van der Waals surface area contributed by atoms with Gasteiger partial charge in [-0.1, -0.05) is 6.92 Å². The summed E-state index contributed by atoms with van der Waals surface area (Å²) >= 11 is 0. The summed E-state index contributed by atoms with van der Waals surface area (Å²) in [6, 6.07) is 0. The number of nitrogens with two attached hydrogens (primary N) is 2. The average Bonchev–Trinajstić information content (AvgIpc) is 1.98. The van der Waals surface area contributed by atoms with E-state index in [1.165, 1.54) is 0 Å². The number of primary amides is 1. The fourth-order valence-electron chi connectivity index (χ4n) is 0.455. The Hall–Kier alpha value is -1.10. The fourth-order valence-corrected chi connectivity index (χ4v) is 0.455. The maximum atomic E-state index is 10.9. The topological polar surface area (TPSA) is 98.2 Å². The summed E-state index contributed by atoms with van der Waals surface area (Å²) in [6.07, 6.45) is 0. The minimum atomic E-state index is -0.553. The minimum absolute atomic E-state index is 0.122. The molecule has 0 radical (unpaired) electrons. The van der Waals surface area contributed by atoms with Crippen molar-refractivity contribution in [2.45, 2.75) is 6.92 Å². The van der Waals surface area contributed by atoms with Gasteiger partial charge in [0.15, 0.2) is 0 Å². The highest BCUT2D eigenvalue weighted by molar-refractivity contribution is 5.84. The van der Waals surface area contributed by atoms with Gasteiger partial charge in [-0.15, -0.1) is 0 Å². The third-order valence-corrected chi connectivity index (χ3v) is 1.24. The Morgan fingerprint density at radius 2 is 2.09 bits per heavy atom. The SMILES string of the molecule is CC(CN)C(=O)NCC(N)=O. The van der Waals surface area contributed by atoms with E-state index in [-0.39, 0.29) is 24.9 Å². The zero-order chi connectivity index (χ0) is 8.85. The first-order valence-corrected chi connectivity index (χ1v) is 3.34. The van der Waals surface area contributed by atoms with E-state index < -0.39 is 5.91 Å². The van der Waals surface area contributed by atoms with Gasteiger partial charge >= 0.3 is 0 Å². The van der Waals surface area contributed by atoms with Crippen LogP contribution in [-0.2, 0) is 9.59 Å². The summed E-state index contributed by atoms with van der Waals surface area (Å²) in [5.41, 5.74) is 10.00. The molecule has 0 aliphatic carbocycles. The van der Waals surface area contributed by atoms with Gasteiger partial charge in [0.25, 0.3) is 0 Å². The van der Waals surface area contributed by atoms with Crippen LogP contribution in [0.15, 0.2) is 0 Å². The largest absolute Gasteiger partial charge is 0.368 e. The van der Waals surface area contributed by atoms with Crippen LogP contribution < -0.4 is 16.8 Å². The van der Waals surface area contributed by atoms with Gasteiger partial charge in [0.1, 0.15) is 0 Å². The number of carbonyl (C=O) groups excluding carboxylic acids is 2. The van der Waals surface area contributed by atoms with Gasteiger partial charge in [0, 0.05) is 12.5 Å². The van der Waals surface area contributed by atoms with Crippen molar-refractivity contribution < 1.29 is 9.59 Å². The molecular weight excluding hydrogens is 146 g/mol. The molecule has 2 amide bonds. The first kappa shape index (κ1) is 9.90. The third-order valence-electron chi connectivity index (χ3n) is 1.24. The van der Waals surface area contributed by atoms with Gasteiger partial charge in [-0.25, -0.2) is 0 Å². The number of nitrogens with one attached hydrogen (secondary N) is 1. The molecule has 11 heavy (non-hydrogen) atoms. The lowest BCUT2D eigenvalue weighted by Gasteiger charge is -2.07. The predicted octanol–water partition coefficient (Wildman–Crippen LogP) is -1.82. The van der Waals surface area contributed by atoms with Gasteiger partial charge in [-0.3, -0.25) is 9.59 Å². The Balaban J connectivity index is 3.60. The molecule has 0 heterocycles. The van der Waals surface area contributed by atoms with E-state index in [0.717, 1.165) is 0 Å². The summed E-state index contributed by atoms with van der Waals surface area (Å²) in [6.45, 7) is 1.82. The molecule has 0 bridgehead atoms. The average molecular weight is 159 g/mol. The molecule has 5 nitrogen and oxygen atoms in total. The first-order valence-electron chi connectivity index (χ1n) is 3.34. The van der Waals surface area contributed by atoms with E-state index in [0.29, 0.717) is 0 Å². The molecule has 0 aromatic rings. The van der Waals surface area contributed by atoms with Gasteiger partial charge < -0.3 is 16.8 Å². The van der Waals surface area contributed by atoms with E-state index in [2.05, 4.69) is 5.32 Å². The molecule has 0 aliphatic heterocycles. The second-order valence-electron chi connectivity index (χ2n) is 2.32. The van der Waals surface area contributed by atoms with Gasteiger partial charge in [-0.2, -0.15) is 0 Å². The minimum Gasteiger partial charge on any atom is -0.368 e. The van der Waals surface area contributed by atoms with Crippen molar-refractivity contribution in [2.75, 3.05) is 13.1 Å². The lowest BCUT2D eigenvalue weighted by Crippen LogP contribution is -2.38. The Morgan fingerprint density at radius 1 is 1.55 bits per heavy atom. The quantitative estimate of drug-likeness (QED) is 0.450. The predicted molar refractivity (Wildman–Crippen MR) is 40.4 cm³/mol. The first-order chi connectivity index (χ1) is 5.07. The zero-order valence-electron chi connectivity index (χ0n) is 6.46. The van der Waals surface area contributed by atoms with E-state index in [4.69, 9.17) is 11.5 Å². The summed E-state index contributed by atoms with van der Waals surface area (Å²) in [5, 5.41) is 2.34. The number of hydrogen-bond donors (Lipinski definition) is 3. The number of rotatable bonds is 4. The second kappa shape index (κ2) is 4.68. The molecule has 0 aliphatic rings. The molecule has 0 spiro atoms. The summed E-state index contributed by atoms with van der Waals surface area (Å²) in [5.74, 6) is -1.07. The highest BCUT2D eigenvalue weighted by atomic mass is 16.2. The van der Waals surface area contributed by atoms with E-state index in [9.17, 15) is 9.59 Å². The molecule has 0 aromatic heterocycles. The molecule has 1 unspecified atom stereocenters. The van der Waals surface area contributed by atoms with Crippen LogP contribution in [0.5, 0.6) is 0 Å². The van der Waals surface area contributed by atoms with Crippen molar-refractivity contribution in [3.63, 3.8) is 0 Å². The van der Waals surface area contributed by atoms with Crippen molar-refractivity contribution in [2.24, 2.45) is 17.4 Å². The Labute approximate surface area is 65.1 Å². The Bertz CT molecular complexity index is 158. The van der Waals surface area contributed by atoms with E-state index in [1.807, 2.05) is 0 Å². The molecule has 1 atom stereocenters. The van der Waals surface area contributed by atoms with Crippen LogP contribution in [0.3, 0.4) is 0 Å². The number of hydrogen-bond acceptors (Lipinski definition) is 3. The van der Waals surface area contributed by atoms with E-state index >= 15 is 0 Å². The third kappa shape index (κ3) is 4.32. The van der Waals surface area contributed by atoms with Crippen molar-refractivity contribution in [3.8, 4) is 0 Å². The lowest BCUT2D eigenvalue weighted by molar-refractivity contribution is -0.127. The molecule has 0 saturated carbocycles. The van der Waals surface area contributed by atoms with Crippen LogP contribution in [0.2, 0.25) is 0 Å². The van der Waals surface area contributed by atoms with Gasteiger partial charge in [0.2, 0.25) is 11.8 Å². The number of amides is 2. The smallest absolute Gasteiger partial charge is 0.236 e.